The normalized spacial score (nSPS) is 11.7. The van der Waals surface area contributed by atoms with Crippen molar-refractivity contribution in [2.75, 3.05) is 0 Å². The molecule has 0 bridgehead atoms. The number of azo groups is 1. The highest BCUT2D eigenvalue weighted by Gasteiger charge is 2.12. The SMILES string of the molecule is Oc1ccc(N=Nc2cccc(Cl)c2)cc1C=Nc1ccc2oc(-c3ccccc3F)nc2c1. The zero-order valence-electron chi connectivity index (χ0n) is 17.6. The largest absolute Gasteiger partial charge is 0.507 e. The maximum atomic E-state index is 14.1. The molecule has 8 heteroatoms. The minimum absolute atomic E-state index is 0.0507. The fourth-order valence-corrected chi connectivity index (χ4v) is 3.44. The second-order valence-corrected chi connectivity index (χ2v) is 7.77. The number of phenols is 1. The van der Waals surface area contributed by atoms with Crippen LogP contribution in [0.2, 0.25) is 5.02 Å². The molecule has 1 heterocycles. The Balaban J connectivity index is 1.39. The summed E-state index contributed by atoms with van der Waals surface area (Å²) >= 11 is 5.97. The van der Waals surface area contributed by atoms with E-state index in [4.69, 9.17) is 16.0 Å². The van der Waals surface area contributed by atoms with E-state index >= 15 is 0 Å². The van der Waals surface area contributed by atoms with Gasteiger partial charge in [0.15, 0.2) is 5.58 Å². The highest BCUT2D eigenvalue weighted by atomic mass is 35.5. The second-order valence-electron chi connectivity index (χ2n) is 7.33. The number of aromatic hydroxyl groups is 1. The molecule has 34 heavy (non-hydrogen) atoms. The van der Waals surface area contributed by atoms with Crippen LogP contribution < -0.4 is 0 Å². The number of aromatic nitrogens is 1. The molecule has 1 N–H and O–H groups in total. The Morgan fingerprint density at radius 1 is 0.853 bits per heavy atom. The molecule has 0 spiro atoms. The Kier molecular flexibility index (Phi) is 5.84. The minimum atomic E-state index is -0.407. The van der Waals surface area contributed by atoms with Gasteiger partial charge < -0.3 is 9.52 Å². The number of nitrogens with zero attached hydrogens (tertiary/aromatic N) is 4. The molecule has 0 aliphatic carbocycles. The second kappa shape index (κ2) is 9.25. The zero-order chi connectivity index (χ0) is 23.5. The van der Waals surface area contributed by atoms with Crippen molar-refractivity contribution in [3.05, 3.63) is 101 Å². The van der Waals surface area contributed by atoms with Crippen LogP contribution in [0.5, 0.6) is 5.75 Å². The first kappa shape index (κ1) is 21.5. The van der Waals surface area contributed by atoms with Crippen molar-refractivity contribution in [2.24, 2.45) is 15.2 Å². The molecule has 1 aromatic heterocycles. The average Bonchev–Trinajstić information content (AvgIpc) is 3.26. The standard InChI is InChI=1S/C26H16ClFN4O2/c27-17-4-3-5-19(13-17)31-32-20-8-10-24(33)16(12-20)15-29-18-9-11-25-23(14-18)30-26(34-25)21-6-1-2-7-22(21)28/h1-15,33H. The molecule has 166 valence electrons. The van der Waals surface area contributed by atoms with E-state index in [1.807, 2.05) is 0 Å². The quantitative estimate of drug-likeness (QED) is 0.208. The first-order chi connectivity index (χ1) is 16.5. The number of halogens is 2. The van der Waals surface area contributed by atoms with Gasteiger partial charge in [-0.15, -0.1) is 0 Å². The van der Waals surface area contributed by atoms with Crippen LogP contribution in [-0.4, -0.2) is 16.3 Å². The van der Waals surface area contributed by atoms with Gasteiger partial charge in [-0.1, -0.05) is 29.8 Å². The summed E-state index contributed by atoms with van der Waals surface area (Å²) < 4.78 is 19.7. The minimum Gasteiger partial charge on any atom is -0.507 e. The van der Waals surface area contributed by atoms with E-state index in [0.717, 1.165) is 0 Å². The number of hydrogen-bond acceptors (Lipinski definition) is 6. The summed E-state index contributed by atoms with van der Waals surface area (Å²) in [5.74, 6) is -0.158. The fourth-order valence-electron chi connectivity index (χ4n) is 3.25. The van der Waals surface area contributed by atoms with Gasteiger partial charge in [-0.05, 0) is 66.7 Å². The predicted octanol–water partition coefficient (Wildman–Crippen LogP) is 8.16. The van der Waals surface area contributed by atoms with E-state index in [9.17, 15) is 9.50 Å². The van der Waals surface area contributed by atoms with E-state index < -0.39 is 5.82 Å². The van der Waals surface area contributed by atoms with Gasteiger partial charge in [0.25, 0.3) is 0 Å². The van der Waals surface area contributed by atoms with Crippen molar-refractivity contribution < 1.29 is 13.9 Å². The molecule has 0 amide bonds. The highest BCUT2D eigenvalue weighted by Crippen LogP contribution is 2.29. The molecule has 0 atom stereocenters. The van der Waals surface area contributed by atoms with Gasteiger partial charge in [0.1, 0.15) is 17.1 Å². The Hall–Kier alpha value is -4.36. The number of phenolic OH excluding ortho intramolecular Hbond substituents is 1. The van der Waals surface area contributed by atoms with Crippen LogP contribution >= 0.6 is 11.6 Å². The summed E-state index contributed by atoms with van der Waals surface area (Å²) in [6.45, 7) is 0. The molecule has 0 fully saturated rings. The monoisotopic (exact) mass is 470 g/mol. The van der Waals surface area contributed by atoms with Crippen LogP contribution in [0.25, 0.3) is 22.6 Å². The van der Waals surface area contributed by atoms with Crippen molar-refractivity contribution in [3.63, 3.8) is 0 Å². The molecular weight excluding hydrogens is 455 g/mol. The summed E-state index contributed by atoms with van der Waals surface area (Å²) in [7, 11) is 0. The number of rotatable bonds is 5. The number of benzene rings is 4. The fraction of sp³-hybridized carbons (Fsp3) is 0. The zero-order valence-corrected chi connectivity index (χ0v) is 18.3. The molecule has 5 rings (SSSR count). The number of fused-ring (bicyclic) bond motifs is 1. The summed E-state index contributed by atoms with van der Waals surface area (Å²) in [4.78, 5) is 8.81. The molecule has 0 saturated carbocycles. The van der Waals surface area contributed by atoms with Gasteiger partial charge in [-0.3, -0.25) is 4.99 Å². The van der Waals surface area contributed by atoms with E-state index in [0.29, 0.717) is 38.7 Å². The highest BCUT2D eigenvalue weighted by molar-refractivity contribution is 6.30. The lowest BCUT2D eigenvalue weighted by atomic mass is 10.2. The molecule has 0 radical (unpaired) electrons. The van der Waals surface area contributed by atoms with Crippen LogP contribution in [-0.2, 0) is 0 Å². The number of oxazole rings is 1. The lowest BCUT2D eigenvalue weighted by Gasteiger charge is -2.00. The van der Waals surface area contributed by atoms with Crippen molar-refractivity contribution in [2.45, 2.75) is 0 Å². The van der Waals surface area contributed by atoms with Crippen molar-refractivity contribution in [1.29, 1.82) is 0 Å². The predicted molar refractivity (Wildman–Crippen MR) is 130 cm³/mol. The smallest absolute Gasteiger partial charge is 0.230 e. The van der Waals surface area contributed by atoms with E-state index in [1.165, 1.54) is 18.3 Å². The average molecular weight is 471 g/mol. The lowest BCUT2D eigenvalue weighted by molar-refractivity contribution is 0.474. The van der Waals surface area contributed by atoms with Crippen molar-refractivity contribution >= 4 is 46.0 Å². The third-order valence-electron chi connectivity index (χ3n) is 4.93. The van der Waals surface area contributed by atoms with Gasteiger partial charge in [0, 0.05) is 16.8 Å². The van der Waals surface area contributed by atoms with Gasteiger partial charge in [-0.25, -0.2) is 9.37 Å². The van der Waals surface area contributed by atoms with E-state index in [2.05, 4.69) is 20.2 Å². The van der Waals surface area contributed by atoms with E-state index in [1.54, 1.807) is 72.8 Å². The molecule has 0 aliphatic rings. The topological polar surface area (TPSA) is 83.3 Å². The van der Waals surface area contributed by atoms with Gasteiger partial charge in [0.05, 0.1) is 22.6 Å². The molecule has 6 nitrogen and oxygen atoms in total. The maximum absolute atomic E-state index is 14.1. The van der Waals surface area contributed by atoms with Crippen LogP contribution in [0.4, 0.5) is 21.5 Å². The first-order valence-electron chi connectivity index (χ1n) is 10.2. The number of hydrogen-bond donors (Lipinski definition) is 1. The Morgan fingerprint density at radius 2 is 1.65 bits per heavy atom. The van der Waals surface area contributed by atoms with Crippen LogP contribution in [0.3, 0.4) is 0 Å². The molecule has 0 unspecified atom stereocenters. The molecule has 0 aliphatic heterocycles. The van der Waals surface area contributed by atoms with Crippen LogP contribution in [0, 0.1) is 5.82 Å². The first-order valence-corrected chi connectivity index (χ1v) is 10.6. The van der Waals surface area contributed by atoms with Crippen molar-refractivity contribution in [1.82, 2.24) is 4.98 Å². The Bertz CT molecular complexity index is 1560. The van der Waals surface area contributed by atoms with Gasteiger partial charge >= 0.3 is 0 Å². The third-order valence-corrected chi connectivity index (χ3v) is 5.16. The van der Waals surface area contributed by atoms with Crippen LogP contribution in [0.15, 0.2) is 105 Å². The number of aliphatic imine (C=N–C) groups is 1. The molecular formula is C26H16ClFN4O2. The van der Waals surface area contributed by atoms with Crippen LogP contribution in [0.1, 0.15) is 5.56 Å². The Morgan fingerprint density at radius 3 is 2.47 bits per heavy atom. The summed E-state index contributed by atoms with van der Waals surface area (Å²) in [5.41, 5.74) is 3.57. The molecule has 5 aromatic rings. The summed E-state index contributed by atoms with van der Waals surface area (Å²) in [6.07, 6.45) is 1.52. The maximum Gasteiger partial charge on any atom is 0.230 e. The third kappa shape index (κ3) is 4.69. The van der Waals surface area contributed by atoms with Gasteiger partial charge in [0.2, 0.25) is 5.89 Å². The Labute approximate surface area is 198 Å². The summed E-state index contributed by atoms with van der Waals surface area (Å²) in [5, 5.41) is 19.1. The summed E-state index contributed by atoms with van der Waals surface area (Å²) in [6, 6.07) is 23.3. The van der Waals surface area contributed by atoms with E-state index in [-0.39, 0.29) is 17.2 Å². The van der Waals surface area contributed by atoms with Crippen molar-refractivity contribution in [3.8, 4) is 17.2 Å². The molecule has 4 aromatic carbocycles. The molecule has 0 saturated heterocycles. The lowest BCUT2D eigenvalue weighted by Crippen LogP contribution is -1.82. The van der Waals surface area contributed by atoms with Gasteiger partial charge in [-0.2, -0.15) is 10.2 Å².